The number of hydrogen-bond donors (Lipinski definition) is 1. The molecule has 0 saturated carbocycles. The fourth-order valence-electron chi connectivity index (χ4n) is 1.50. The third kappa shape index (κ3) is 3.11. The number of nitrogens with zero attached hydrogens (tertiary/aromatic N) is 1. The number of thioether (sulfide) groups is 1. The summed E-state index contributed by atoms with van der Waals surface area (Å²) in [6.07, 6.45) is 2.67. The molecule has 0 saturated heterocycles. The molecule has 18 heavy (non-hydrogen) atoms. The van der Waals surface area contributed by atoms with Gasteiger partial charge in [0, 0.05) is 21.7 Å². The monoisotopic (exact) mass is 279 g/mol. The van der Waals surface area contributed by atoms with Gasteiger partial charge in [0.1, 0.15) is 5.03 Å². The highest BCUT2D eigenvalue weighted by Crippen LogP contribution is 2.27. The zero-order valence-corrected chi connectivity index (χ0v) is 11.6. The molecule has 1 N–H and O–H groups in total. The molecule has 0 fully saturated rings. The Labute approximate surface area is 114 Å². The van der Waals surface area contributed by atoms with Gasteiger partial charge in [-0.1, -0.05) is 18.7 Å². The minimum absolute atomic E-state index is 0.273. The van der Waals surface area contributed by atoms with E-state index in [4.69, 9.17) is 5.11 Å². The van der Waals surface area contributed by atoms with Gasteiger partial charge in [-0.25, -0.2) is 9.78 Å². The number of aromatic carboxylic acids is 1. The molecule has 0 unspecified atom stereocenters. The quantitative estimate of drug-likeness (QED) is 0.848. The fraction of sp³-hybridized carbons (Fsp3) is 0.231. The van der Waals surface area contributed by atoms with Crippen molar-refractivity contribution in [3.8, 4) is 0 Å². The van der Waals surface area contributed by atoms with Gasteiger partial charge in [-0.2, -0.15) is 0 Å². The van der Waals surface area contributed by atoms with Gasteiger partial charge < -0.3 is 5.11 Å². The maximum absolute atomic E-state index is 11.0. The van der Waals surface area contributed by atoms with Crippen LogP contribution >= 0.6 is 23.1 Å². The second-order valence-corrected chi connectivity index (χ2v) is 5.89. The Balaban J connectivity index is 2.08. The van der Waals surface area contributed by atoms with Crippen LogP contribution in [0.15, 0.2) is 35.5 Å². The van der Waals surface area contributed by atoms with E-state index in [2.05, 4.69) is 24.0 Å². The molecule has 2 aromatic heterocycles. The highest BCUT2D eigenvalue weighted by molar-refractivity contribution is 7.98. The fourth-order valence-corrected chi connectivity index (χ4v) is 3.49. The van der Waals surface area contributed by atoms with E-state index in [-0.39, 0.29) is 5.56 Å². The molecule has 0 aromatic carbocycles. The van der Waals surface area contributed by atoms with Crippen molar-refractivity contribution in [1.29, 1.82) is 0 Å². The number of carbonyl (C=O) groups is 1. The Kier molecular flexibility index (Phi) is 4.38. The molecule has 2 heterocycles. The Bertz CT molecular complexity index is 551. The van der Waals surface area contributed by atoms with E-state index >= 15 is 0 Å². The van der Waals surface area contributed by atoms with Crippen LogP contribution in [-0.4, -0.2) is 16.1 Å². The lowest BCUT2D eigenvalue weighted by molar-refractivity contribution is 0.0692. The lowest BCUT2D eigenvalue weighted by Crippen LogP contribution is -2.00. The van der Waals surface area contributed by atoms with Crippen LogP contribution in [0.4, 0.5) is 0 Å². The number of aromatic nitrogens is 1. The van der Waals surface area contributed by atoms with Crippen LogP contribution in [0.25, 0.3) is 0 Å². The molecule has 0 aliphatic carbocycles. The van der Waals surface area contributed by atoms with Gasteiger partial charge in [-0.3, -0.25) is 0 Å². The molecular weight excluding hydrogens is 266 g/mol. The second kappa shape index (κ2) is 6.02. The summed E-state index contributed by atoms with van der Waals surface area (Å²) < 4.78 is 0. The molecule has 0 aliphatic rings. The first-order valence-electron chi connectivity index (χ1n) is 5.59. The van der Waals surface area contributed by atoms with Gasteiger partial charge in [0.15, 0.2) is 0 Å². The molecule has 5 heteroatoms. The first-order valence-corrected chi connectivity index (χ1v) is 7.39. The van der Waals surface area contributed by atoms with Gasteiger partial charge in [-0.05, 0) is 30.7 Å². The maximum Gasteiger partial charge on any atom is 0.338 e. The van der Waals surface area contributed by atoms with Crippen molar-refractivity contribution in [3.05, 3.63) is 45.8 Å². The van der Waals surface area contributed by atoms with Crippen molar-refractivity contribution in [2.45, 2.75) is 24.1 Å². The maximum atomic E-state index is 11.0. The molecule has 0 bridgehead atoms. The van der Waals surface area contributed by atoms with Crippen LogP contribution < -0.4 is 0 Å². The molecule has 2 rings (SSSR count). The zero-order chi connectivity index (χ0) is 13.0. The summed E-state index contributed by atoms with van der Waals surface area (Å²) in [6.45, 7) is 2.13. The first-order chi connectivity index (χ1) is 8.70. The summed E-state index contributed by atoms with van der Waals surface area (Å²) in [5, 5.41) is 9.63. The second-order valence-electron chi connectivity index (χ2n) is 3.67. The molecule has 0 atom stereocenters. The number of rotatable bonds is 5. The summed E-state index contributed by atoms with van der Waals surface area (Å²) in [6, 6.07) is 7.45. The van der Waals surface area contributed by atoms with Crippen LogP contribution in [0.3, 0.4) is 0 Å². The molecular formula is C13H13NO2S2. The molecule has 0 amide bonds. The predicted octanol–water partition coefficient (Wildman–Crippen LogP) is 3.70. The highest BCUT2D eigenvalue weighted by atomic mass is 32.2. The Morgan fingerprint density at radius 2 is 2.17 bits per heavy atom. The predicted molar refractivity (Wildman–Crippen MR) is 74.5 cm³/mol. The number of aryl methyl sites for hydroxylation is 1. The smallest absolute Gasteiger partial charge is 0.338 e. The van der Waals surface area contributed by atoms with Crippen LogP contribution in [0.1, 0.15) is 27.0 Å². The average molecular weight is 279 g/mol. The highest BCUT2D eigenvalue weighted by Gasteiger charge is 2.11. The minimum atomic E-state index is -0.925. The SMILES string of the molecule is CCc1ccc(CSc2ncccc2C(=O)O)s1. The molecule has 3 nitrogen and oxygen atoms in total. The molecule has 2 aromatic rings. The summed E-state index contributed by atoms with van der Waals surface area (Å²) in [5.74, 6) is -0.159. The summed E-state index contributed by atoms with van der Waals surface area (Å²) in [7, 11) is 0. The average Bonchev–Trinajstić information content (AvgIpc) is 2.84. The van der Waals surface area contributed by atoms with E-state index < -0.39 is 5.97 Å². The summed E-state index contributed by atoms with van der Waals surface area (Å²) >= 11 is 3.24. The van der Waals surface area contributed by atoms with Crippen LogP contribution in [-0.2, 0) is 12.2 Å². The molecule has 94 valence electrons. The molecule has 0 spiro atoms. The van der Waals surface area contributed by atoms with E-state index in [0.29, 0.717) is 5.03 Å². The largest absolute Gasteiger partial charge is 0.478 e. The third-order valence-corrected chi connectivity index (χ3v) is 4.88. The van der Waals surface area contributed by atoms with Crippen LogP contribution in [0.5, 0.6) is 0 Å². The lowest BCUT2D eigenvalue weighted by atomic mass is 10.3. The van der Waals surface area contributed by atoms with Crippen molar-refractivity contribution in [2.24, 2.45) is 0 Å². The van der Waals surface area contributed by atoms with Crippen molar-refractivity contribution in [2.75, 3.05) is 0 Å². The van der Waals surface area contributed by atoms with E-state index in [9.17, 15) is 4.79 Å². The van der Waals surface area contributed by atoms with Crippen molar-refractivity contribution >= 4 is 29.1 Å². The molecule has 0 aliphatic heterocycles. The Hall–Kier alpha value is -1.33. The topological polar surface area (TPSA) is 50.2 Å². The van der Waals surface area contributed by atoms with Gasteiger partial charge in [0.05, 0.1) is 5.56 Å². The number of thiophene rings is 1. The van der Waals surface area contributed by atoms with Gasteiger partial charge in [0.25, 0.3) is 0 Å². The normalized spacial score (nSPS) is 10.5. The van der Waals surface area contributed by atoms with E-state index in [1.165, 1.54) is 21.5 Å². The number of carboxylic acid groups (broad SMARTS) is 1. The summed E-state index contributed by atoms with van der Waals surface area (Å²) in [5.41, 5.74) is 0.273. The van der Waals surface area contributed by atoms with Crippen LogP contribution in [0.2, 0.25) is 0 Å². The number of pyridine rings is 1. The first kappa shape index (κ1) is 13.1. The summed E-state index contributed by atoms with van der Waals surface area (Å²) in [4.78, 5) is 17.8. The zero-order valence-electron chi connectivity index (χ0n) is 9.92. The minimum Gasteiger partial charge on any atom is -0.478 e. The van der Waals surface area contributed by atoms with Crippen molar-refractivity contribution in [1.82, 2.24) is 4.98 Å². The third-order valence-electron chi connectivity index (χ3n) is 2.42. The van der Waals surface area contributed by atoms with Crippen molar-refractivity contribution in [3.63, 3.8) is 0 Å². The standard InChI is InChI=1S/C13H13NO2S2/c1-2-9-5-6-10(18-9)8-17-12-11(13(15)16)4-3-7-14-12/h3-7H,2,8H2,1H3,(H,15,16). The number of hydrogen-bond acceptors (Lipinski definition) is 4. The van der Waals surface area contributed by atoms with Crippen LogP contribution in [0, 0.1) is 0 Å². The van der Waals surface area contributed by atoms with Gasteiger partial charge in [-0.15, -0.1) is 11.3 Å². The Morgan fingerprint density at radius 3 is 2.83 bits per heavy atom. The number of carboxylic acids is 1. The van der Waals surface area contributed by atoms with E-state index in [0.717, 1.165) is 12.2 Å². The van der Waals surface area contributed by atoms with Gasteiger partial charge >= 0.3 is 5.97 Å². The van der Waals surface area contributed by atoms with E-state index in [1.807, 2.05) is 0 Å². The molecule has 0 radical (unpaired) electrons. The van der Waals surface area contributed by atoms with E-state index in [1.54, 1.807) is 29.7 Å². The van der Waals surface area contributed by atoms with Gasteiger partial charge in [0.2, 0.25) is 0 Å². The Morgan fingerprint density at radius 1 is 1.39 bits per heavy atom. The lowest BCUT2D eigenvalue weighted by Gasteiger charge is -2.02. The van der Waals surface area contributed by atoms with Crippen molar-refractivity contribution < 1.29 is 9.90 Å².